The lowest BCUT2D eigenvalue weighted by Crippen LogP contribution is -2.05. The van der Waals surface area contributed by atoms with Crippen LogP contribution in [0.5, 0.6) is 5.75 Å². The van der Waals surface area contributed by atoms with Crippen molar-refractivity contribution in [2.75, 3.05) is 0 Å². The van der Waals surface area contributed by atoms with Gasteiger partial charge in [0.2, 0.25) is 0 Å². The highest BCUT2D eigenvalue weighted by Crippen LogP contribution is 2.32. The van der Waals surface area contributed by atoms with Gasteiger partial charge in [-0.2, -0.15) is 5.26 Å². The standard InChI is InChI=1S/C8H4F2N2O3/c9-7(10)5-3(8(14)15)2-12-4(1-11)6(5)13/h2,7,13H,(H,14,15). The van der Waals surface area contributed by atoms with Crippen molar-refractivity contribution in [3.05, 3.63) is 23.0 Å². The minimum atomic E-state index is -3.19. The van der Waals surface area contributed by atoms with Gasteiger partial charge in [0.05, 0.1) is 11.1 Å². The lowest BCUT2D eigenvalue weighted by atomic mass is 10.1. The maximum atomic E-state index is 12.4. The number of halogens is 2. The first-order valence-corrected chi connectivity index (χ1v) is 3.62. The zero-order valence-corrected chi connectivity index (χ0v) is 7.11. The Labute approximate surface area is 82.2 Å². The monoisotopic (exact) mass is 214 g/mol. The van der Waals surface area contributed by atoms with Crippen LogP contribution in [0.1, 0.15) is 28.0 Å². The number of carboxylic acid groups (broad SMARTS) is 1. The molecule has 0 aliphatic heterocycles. The maximum Gasteiger partial charge on any atom is 0.337 e. The second-order valence-corrected chi connectivity index (χ2v) is 2.50. The van der Waals surface area contributed by atoms with Crippen LogP contribution in [0.25, 0.3) is 0 Å². The number of aromatic nitrogens is 1. The predicted octanol–water partition coefficient (Wildman–Crippen LogP) is 1.29. The summed E-state index contributed by atoms with van der Waals surface area (Å²) < 4.78 is 24.8. The average Bonchev–Trinajstić information content (AvgIpc) is 2.16. The van der Waals surface area contributed by atoms with Crippen molar-refractivity contribution in [3.63, 3.8) is 0 Å². The van der Waals surface area contributed by atoms with Gasteiger partial charge in [0.25, 0.3) is 6.43 Å². The summed E-state index contributed by atoms with van der Waals surface area (Å²) in [6.07, 6.45) is -2.58. The molecule has 1 aromatic heterocycles. The Bertz CT molecular complexity index is 454. The summed E-state index contributed by atoms with van der Waals surface area (Å²) in [6.45, 7) is 0. The van der Waals surface area contributed by atoms with Gasteiger partial charge in [-0.15, -0.1) is 0 Å². The molecule has 5 nitrogen and oxygen atoms in total. The maximum absolute atomic E-state index is 12.4. The number of nitrogens with zero attached hydrogens (tertiary/aromatic N) is 2. The average molecular weight is 214 g/mol. The first kappa shape index (κ1) is 10.8. The van der Waals surface area contributed by atoms with Gasteiger partial charge in [-0.3, -0.25) is 0 Å². The number of rotatable bonds is 2. The molecule has 2 N–H and O–H groups in total. The number of alkyl halides is 2. The van der Waals surface area contributed by atoms with E-state index in [9.17, 15) is 13.6 Å². The molecule has 0 saturated carbocycles. The molecule has 15 heavy (non-hydrogen) atoms. The summed E-state index contributed by atoms with van der Waals surface area (Å²) in [4.78, 5) is 13.7. The van der Waals surface area contributed by atoms with Crippen LogP contribution in [-0.2, 0) is 0 Å². The molecule has 1 heterocycles. The normalized spacial score (nSPS) is 10.0. The third-order valence-corrected chi connectivity index (χ3v) is 1.65. The molecular formula is C8H4F2N2O3. The minimum absolute atomic E-state index is 0.613. The molecule has 0 amide bonds. The summed E-state index contributed by atoms with van der Waals surface area (Å²) >= 11 is 0. The van der Waals surface area contributed by atoms with E-state index in [1.807, 2.05) is 0 Å². The highest BCUT2D eigenvalue weighted by molar-refractivity contribution is 5.90. The number of nitriles is 1. The van der Waals surface area contributed by atoms with E-state index in [1.165, 1.54) is 6.07 Å². The molecule has 0 aliphatic rings. The van der Waals surface area contributed by atoms with E-state index >= 15 is 0 Å². The molecule has 0 aromatic carbocycles. The van der Waals surface area contributed by atoms with Gasteiger partial charge in [0, 0.05) is 6.20 Å². The van der Waals surface area contributed by atoms with E-state index in [4.69, 9.17) is 15.5 Å². The van der Waals surface area contributed by atoms with Crippen LogP contribution in [-0.4, -0.2) is 21.2 Å². The number of aromatic hydroxyl groups is 1. The summed E-state index contributed by atoms with van der Waals surface area (Å²) in [7, 11) is 0. The number of hydrogen-bond donors (Lipinski definition) is 2. The number of carboxylic acids is 1. The van der Waals surface area contributed by atoms with Crippen molar-refractivity contribution < 1.29 is 23.8 Å². The smallest absolute Gasteiger partial charge is 0.337 e. The Morgan fingerprint density at radius 3 is 2.60 bits per heavy atom. The van der Waals surface area contributed by atoms with Gasteiger partial charge in [0.1, 0.15) is 6.07 Å². The largest absolute Gasteiger partial charge is 0.504 e. The number of carbonyl (C=O) groups is 1. The van der Waals surface area contributed by atoms with Gasteiger partial charge in [0.15, 0.2) is 11.4 Å². The summed E-state index contributed by atoms with van der Waals surface area (Å²) in [6, 6.07) is 1.37. The van der Waals surface area contributed by atoms with Crippen molar-refractivity contribution in [3.8, 4) is 11.8 Å². The van der Waals surface area contributed by atoms with Crippen molar-refractivity contribution >= 4 is 5.97 Å². The Kier molecular flexibility index (Phi) is 2.80. The Hall–Kier alpha value is -2.23. The van der Waals surface area contributed by atoms with Crippen LogP contribution in [0, 0.1) is 11.3 Å². The van der Waals surface area contributed by atoms with E-state index in [1.54, 1.807) is 0 Å². The minimum Gasteiger partial charge on any atom is -0.504 e. The molecule has 7 heteroatoms. The second kappa shape index (κ2) is 3.88. The van der Waals surface area contributed by atoms with E-state index in [0.717, 1.165) is 0 Å². The summed E-state index contributed by atoms with van der Waals surface area (Å²) in [5.74, 6) is -2.73. The molecule has 0 atom stereocenters. The van der Waals surface area contributed by atoms with Crippen molar-refractivity contribution in [2.24, 2.45) is 0 Å². The lowest BCUT2D eigenvalue weighted by Gasteiger charge is -2.07. The van der Waals surface area contributed by atoms with E-state index in [0.29, 0.717) is 6.20 Å². The second-order valence-electron chi connectivity index (χ2n) is 2.50. The molecule has 0 fully saturated rings. The Balaban J connectivity index is 3.53. The van der Waals surface area contributed by atoms with Crippen LogP contribution >= 0.6 is 0 Å². The zero-order valence-electron chi connectivity index (χ0n) is 7.11. The fourth-order valence-electron chi connectivity index (χ4n) is 0.988. The van der Waals surface area contributed by atoms with E-state index in [-0.39, 0.29) is 0 Å². The van der Waals surface area contributed by atoms with Crippen LogP contribution in [0.3, 0.4) is 0 Å². The summed E-state index contributed by atoms with van der Waals surface area (Å²) in [5.41, 5.74) is -2.54. The molecule has 0 aliphatic carbocycles. The highest BCUT2D eigenvalue weighted by atomic mass is 19.3. The molecule has 78 valence electrons. The van der Waals surface area contributed by atoms with Crippen LogP contribution < -0.4 is 0 Å². The first-order valence-electron chi connectivity index (χ1n) is 3.62. The van der Waals surface area contributed by atoms with Gasteiger partial charge >= 0.3 is 5.97 Å². The quantitative estimate of drug-likeness (QED) is 0.773. The third kappa shape index (κ3) is 1.83. The van der Waals surface area contributed by atoms with Crippen molar-refractivity contribution in [1.29, 1.82) is 5.26 Å². The van der Waals surface area contributed by atoms with Gasteiger partial charge in [-0.05, 0) is 0 Å². The van der Waals surface area contributed by atoms with Gasteiger partial charge in [-0.1, -0.05) is 0 Å². The van der Waals surface area contributed by atoms with Gasteiger partial charge in [-0.25, -0.2) is 18.6 Å². The third-order valence-electron chi connectivity index (χ3n) is 1.65. The highest BCUT2D eigenvalue weighted by Gasteiger charge is 2.25. The molecule has 0 unspecified atom stereocenters. The number of hydrogen-bond acceptors (Lipinski definition) is 4. The number of pyridine rings is 1. The molecule has 1 aromatic rings. The zero-order chi connectivity index (χ0) is 11.6. The van der Waals surface area contributed by atoms with Crippen LogP contribution in [0.4, 0.5) is 8.78 Å². The molecule has 0 spiro atoms. The first-order chi connectivity index (χ1) is 6.99. The van der Waals surface area contributed by atoms with Crippen molar-refractivity contribution in [2.45, 2.75) is 6.43 Å². The predicted molar refractivity (Wildman–Crippen MR) is 42.5 cm³/mol. The van der Waals surface area contributed by atoms with E-state index < -0.39 is 35.0 Å². The number of aromatic carboxylic acids is 1. The van der Waals surface area contributed by atoms with Crippen LogP contribution in [0.15, 0.2) is 6.20 Å². The summed E-state index contributed by atoms with van der Waals surface area (Å²) in [5, 5.41) is 26.1. The van der Waals surface area contributed by atoms with Crippen molar-refractivity contribution in [1.82, 2.24) is 4.98 Å². The lowest BCUT2D eigenvalue weighted by molar-refractivity contribution is 0.0682. The molecule has 1 rings (SSSR count). The van der Waals surface area contributed by atoms with Gasteiger partial charge < -0.3 is 10.2 Å². The van der Waals surface area contributed by atoms with E-state index in [2.05, 4.69) is 4.98 Å². The fourth-order valence-corrected chi connectivity index (χ4v) is 0.988. The fraction of sp³-hybridized carbons (Fsp3) is 0.125. The molecule has 0 radical (unpaired) electrons. The topological polar surface area (TPSA) is 94.2 Å². The molecular weight excluding hydrogens is 210 g/mol. The molecule has 0 bridgehead atoms. The molecule has 0 saturated heterocycles. The SMILES string of the molecule is N#Cc1ncc(C(=O)O)c(C(F)F)c1O. The Morgan fingerprint density at radius 2 is 2.20 bits per heavy atom. The van der Waals surface area contributed by atoms with Crippen LogP contribution in [0.2, 0.25) is 0 Å². The Morgan fingerprint density at radius 1 is 1.60 bits per heavy atom.